The van der Waals surface area contributed by atoms with Crippen molar-refractivity contribution in [2.45, 2.75) is 12.2 Å². The van der Waals surface area contributed by atoms with Gasteiger partial charge in [0.1, 0.15) is 11.5 Å². The van der Waals surface area contributed by atoms with Gasteiger partial charge in [-0.3, -0.25) is 0 Å². The van der Waals surface area contributed by atoms with Crippen molar-refractivity contribution in [1.82, 2.24) is 10.2 Å². The Bertz CT molecular complexity index is 867. The summed E-state index contributed by atoms with van der Waals surface area (Å²) in [6, 6.07) is 14.1. The van der Waals surface area contributed by atoms with Crippen molar-refractivity contribution < 1.29 is 22.6 Å². The average Bonchev–Trinajstić information content (AvgIpc) is 3.15. The number of anilines is 1. The van der Waals surface area contributed by atoms with E-state index in [0.29, 0.717) is 22.8 Å². The number of aromatic nitrogens is 2. The first kappa shape index (κ1) is 19.0. The van der Waals surface area contributed by atoms with Gasteiger partial charge in [0.05, 0.1) is 20.3 Å². The summed E-state index contributed by atoms with van der Waals surface area (Å²) < 4.78 is 49.0. The van der Waals surface area contributed by atoms with Crippen LogP contribution in [0.15, 0.2) is 48.5 Å². The summed E-state index contributed by atoms with van der Waals surface area (Å²) in [4.78, 5) is 0. The largest absolute Gasteiger partial charge is 0.497 e. The fourth-order valence-corrected chi connectivity index (χ4v) is 3.16. The normalized spacial score (nSPS) is 11.5. The topological polar surface area (TPSA) is 56.3 Å². The lowest BCUT2D eigenvalue weighted by Crippen LogP contribution is -2.12. The standard InChI is InChI=1S/C18H16F3N3O2S/c1-25-13-7-3-5-11(9-13)15(12-6-4-8-14(10-12)26-2)22-17-24-23-16(27-17)18(19,20)21/h3-10,15H,1-2H3,(H,22,24). The second-order valence-electron chi connectivity index (χ2n) is 5.54. The minimum Gasteiger partial charge on any atom is -0.497 e. The van der Waals surface area contributed by atoms with Gasteiger partial charge in [-0.05, 0) is 35.4 Å². The lowest BCUT2D eigenvalue weighted by Gasteiger charge is -2.20. The third-order valence-electron chi connectivity index (χ3n) is 3.79. The van der Waals surface area contributed by atoms with Crippen molar-refractivity contribution in [3.8, 4) is 11.5 Å². The summed E-state index contributed by atoms with van der Waals surface area (Å²) in [6.45, 7) is 0. The molecule has 3 rings (SSSR count). The molecular weight excluding hydrogens is 379 g/mol. The number of nitrogens with one attached hydrogen (secondary N) is 1. The summed E-state index contributed by atoms with van der Waals surface area (Å²) in [5.41, 5.74) is 1.60. The van der Waals surface area contributed by atoms with Crippen LogP contribution < -0.4 is 14.8 Å². The number of benzene rings is 2. The predicted octanol–water partition coefficient (Wildman–Crippen LogP) is 4.78. The highest BCUT2D eigenvalue weighted by Crippen LogP contribution is 2.36. The first-order chi connectivity index (χ1) is 12.9. The van der Waals surface area contributed by atoms with Crippen molar-refractivity contribution in [2.24, 2.45) is 0 Å². The van der Waals surface area contributed by atoms with E-state index in [1.807, 2.05) is 36.4 Å². The minimum atomic E-state index is -4.53. The molecule has 0 atom stereocenters. The summed E-state index contributed by atoms with van der Waals surface area (Å²) in [6.07, 6.45) is -4.53. The number of alkyl halides is 3. The average molecular weight is 395 g/mol. The smallest absolute Gasteiger partial charge is 0.445 e. The fraction of sp³-hybridized carbons (Fsp3) is 0.222. The van der Waals surface area contributed by atoms with Gasteiger partial charge >= 0.3 is 6.18 Å². The van der Waals surface area contributed by atoms with Crippen LogP contribution in [-0.4, -0.2) is 24.4 Å². The molecule has 0 amide bonds. The van der Waals surface area contributed by atoms with E-state index >= 15 is 0 Å². The number of halogens is 3. The highest BCUT2D eigenvalue weighted by molar-refractivity contribution is 7.15. The molecule has 0 aliphatic carbocycles. The van der Waals surface area contributed by atoms with Crippen LogP contribution in [0.1, 0.15) is 22.2 Å². The van der Waals surface area contributed by atoms with E-state index in [0.717, 1.165) is 11.1 Å². The Labute approximate surface area is 157 Å². The monoisotopic (exact) mass is 395 g/mol. The quantitative estimate of drug-likeness (QED) is 0.651. The van der Waals surface area contributed by atoms with E-state index in [-0.39, 0.29) is 5.13 Å². The van der Waals surface area contributed by atoms with Crippen LogP contribution in [0.3, 0.4) is 0 Å². The zero-order valence-corrected chi connectivity index (χ0v) is 15.3. The summed E-state index contributed by atoms with van der Waals surface area (Å²) in [5.74, 6) is 1.27. The van der Waals surface area contributed by atoms with E-state index in [1.165, 1.54) is 0 Å². The molecule has 1 heterocycles. The molecule has 0 saturated carbocycles. The maximum absolute atomic E-state index is 12.8. The zero-order chi connectivity index (χ0) is 19.4. The highest BCUT2D eigenvalue weighted by atomic mass is 32.1. The van der Waals surface area contributed by atoms with Gasteiger partial charge in [0, 0.05) is 0 Å². The van der Waals surface area contributed by atoms with Crippen molar-refractivity contribution in [3.05, 3.63) is 64.7 Å². The lowest BCUT2D eigenvalue weighted by molar-refractivity contribution is -0.138. The Hall–Kier alpha value is -2.81. The van der Waals surface area contributed by atoms with E-state index in [9.17, 15) is 13.2 Å². The maximum Gasteiger partial charge on any atom is 0.445 e. The fourth-order valence-electron chi connectivity index (χ4n) is 2.52. The van der Waals surface area contributed by atoms with Gasteiger partial charge in [-0.15, -0.1) is 10.2 Å². The first-order valence-corrected chi connectivity index (χ1v) is 8.67. The van der Waals surface area contributed by atoms with Gasteiger partial charge < -0.3 is 14.8 Å². The van der Waals surface area contributed by atoms with Crippen molar-refractivity contribution in [2.75, 3.05) is 19.5 Å². The van der Waals surface area contributed by atoms with Crippen molar-refractivity contribution >= 4 is 16.5 Å². The van der Waals surface area contributed by atoms with Gasteiger partial charge in [0.15, 0.2) is 0 Å². The van der Waals surface area contributed by atoms with Crippen molar-refractivity contribution in [3.63, 3.8) is 0 Å². The molecule has 1 N–H and O–H groups in total. The van der Waals surface area contributed by atoms with Crippen molar-refractivity contribution in [1.29, 1.82) is 0 Å². The van der Waals surface area contributed by atoms with Gasteiger partial charge in [-0.2, -0.15) is 13.2 Å². The van der Waals surface area contributed by atoms with Crippen LogP contribution in [-0.2, 0) is 6.18 Å². The third-order valence-corrected chi connectivity index (χ3v) is 4.69. The van der Waals surface area contributed by atoms with E-state index in [1.54, 1.807) is 26.4 Å². The molecule has 0 saturated heterocycles. The molecule has 5 nitrogen and oxygen atoms in total. The Morgan fingerprint density at radius 2 is 1.48 bits per heavy atom. The van der Waals surface area contributed by atoms with Gasteiger partial charge in [0.2, 0.25) is 10.1 Å². The van der Waals surface area contributed by atoms with Gasteiger partial charge in [-0.25, -0.2) is 0 Å². The molecule has 3 aromatic rings. The van der Waals surface area contributed by atoms with Crippen LogP contribution in [0.25, 0.3) is 0 Å². The molecule has 0 bridgehead atoms. The lowest BCUT2D eigenvalue weighted by atomic mass is 9.98. The van der Waals surface area contributed by atoms with Gasteiger partial charge in [-0.1, -0.05) is 35.6 Å². The van der Waals surface area contributed by atoms with Crippen LogP contribution in [0.4, 0.5) is 18.3 Å². The van der Waals surface area contributed by atoms with Crippen LogP contribution in [0, 0.1) is 0 Å². The zero-order valence-electron chi connectivity index (χ0n) is 14.4. The van der Waals surface area contributed by atoms with E-state index < -0.39 is 17.2 Å². The SMILES string of the molecule is COc1cccc(C(Nc2nnc(C(F)(F)F)s2)c2cccc(OC)c2)c1. The van der Waals surface area contributed by atoms with E-state index in [4.69, 9.17) is 9.47 Å². The Kier molecular flexibility index (Phi) is 5.50. The predicted molar refractivity (Wildman–Crippen MR) is 96.4 cm³/mol. The molecular formula is C18H16F3N3O2S. The first-order valence-electron chi connectivity index (χ1n) is 7.86. The second kappa shape index (κ2) is 7.83. The number of hydrogen-bond donors (Lipinski definition) is 1. The van der Waals surface area contributed by atoms with Gasteiger partial charge in [0.25, 0.3) is 0 Å². The second-order valence-corrected chi connectivity index (χ2v) is 6.52. The maximum atomic E-state index is 12.8. The Balaban J connectivity index is 2.00. The summed E-state index contributed by atoms with van der Waals surface area (Å²) in [7, 11) is 3.10. The molecule has 0 fully saturated rings. The number of ether oxygens (including phenoxy) is 2. The molecule has 1 aromatic heterocycles. The molecule has 142 valence electrons. The molecule has 2 aromatic carbocycles. The summed E-state index contributed by atoms with van der Waals surface area (Å²) in [5, 5.41) is 8.97. The Morgan fingerprint density at radius 1 is 0.926 bits per heavy atom. The number of methoxy groups -OCH3 is 2. The van der Waals surface area contributed by atoms with E-state index in [2.05, 4.69) is 15.5 Å². The number of hydrogen-bond acceptors (Lipinski definition) is 6. The molecule has 9 heteroatoms. The molecule has 0 aliphatic heterocycles. The highest BCUT2D eigenvalue weighted by Gasteiger charge is 2.36. The molecule has 0 unspecified atom stereocenters. The number of rotatable bonds is 6. The van der Waals surface area contributed by atoms with Crippen LogP contribution in [0.2, 0.25) is 0 Å². The molecule has 0 aliphatic rings. The van der Waals surface area contributed by atoms with Crippen LogP contribution in [0.5, 0.6) is 11.5 Å². The van der Waals surface area contributed by atoms with Crippen LogP contribution >= 0.6 is 11.3 Å². The molecule has 27 heavy (non-hydrogen) atoms. The molecule has 0 spiro atoms. The Morgan fingerprint density at radius 3 is 1.93 bits per heavy atom. The third kappa shape index (κ3) is 4.48. The molecule has 0 radical (unpaired) electrons. The summed E-state index contributed by atoms with van der Waals surface area (Å²) >= 11 is 0.457. The minimum absolute atomic E-state index is 0.0676. The number of nitrogens with zero attached hydrogens (tertiary/aromatic N) is 2.